The molecule has 0 N–H and O–H groups in total. The van der Waals surface area contributed by atoms with E-state index in [4.69, 9.17) is 14.7 Å². The largest absolute Gasteiger partial charge is 0.497 e. The van der Waals surface area contributed by atoms with Crippen LogP contribution in [0.4, 0.5) is 0 Å². The highest BCUT2D eigenvalue weighted by atomic mass is 32.2. The predicted octanol–water partition coefficient (Wildman–Crippen LogP) is 2.39. The highest BCUT2D eigenvalue weighted by Gasteiger charge is 2.60. The molecule has 0 radical (unpaired) electrons. The van der Waals surface area contributed by atoms with Crippen molar-refractivity contribution in [2.75, 3.05) is 12.9 Å². The average Bonchev–Trinajstić information content (AvgIpc) is 2.86. The lowest BCUT2D eigenvalue weighted by Crippen LogP contribution is -2.58. The number of esters is 1. The van der Waals surface area contributed by atoms with Gasteiger partial charge in [-0.1, -0.05) is 12.1 Å². The quantitative estimate of drug-likeness (QED) is 0.427. The monoisotopic (exact) mass is 378 g/mol. The highest BCUT2D eigenvalue weighted by Crippen LogP contribution is 2.52. The maximum absolute atomic E-state index is 12.7. The van der Waals surface area contributed by atoms with Gasteiger partial charge in [0.25, 0.3) is 0 Å². The fourth-order valence-electron chi connectivity index (χ4n) is 3.09. The Bertz CT molecular complexity index is 718. The molecule has 2 aliphatic rings. The van der Waals surface area contributed by atoms with Gasteiger partial charge in [0.1, 0.15) is 23.8 Å². The number of carbonyl (C=O) groups excluding carboxylic acids is 2. The van der Waals surface area contributed by atoms with Crippen molar-refractivity contribution in [3.63, 3.8) is 0 Å². The van der Waals surface area contributed by atoms with Gasteiger partial charge in [0, 0.05) is 5.75 Å². The van der Waals surface area contributed by atoms with Gasteiger partial charge in [-0.3, -0.25) is 4.79 Å². The van der Waals surface area contributed by atoms with Crippen LogP contribution >= 0.6 is 23.5 Å². The number of rotatable bonds is 6. The second-order valence-corrected chi connectivity index (χ2v) is 8.60. The van der Waals surface area contributed by atoms with Gasteiger partial charge in [-0.05, 0) is 36.4 Å². The summed E-state index contributed by atoms with van der Waals surface area (Å²) in [5.74, 6) is 0.753. The zero-order valence-corrected chi connectivity index (χ0v) is 15.6. The molecule has 6 nitrogen and oxygen atoms in total. The molecule has 2 heterocycles. The van der Waals surface area contributed by atoms with Crippen molar-refractivity contribution in [1.82, 2.24) is 4.90 Å². The van der Waals surface area contributed by atoms with Gasteiger partial charge in [-0.2, -0.15) is 5.26 Å². The molecule has 3 rings (SSSR count). The fourth-order valence-corrected chi connectivity index (χ4v) is 5.58. The number of carbonyl (C=O) groups is 2. The van der Waals surface area contributed by atoms with E-state index in [9.17, 15) is 9.59 Å². The lowest BCUT2D eigenvalue weighted by atomic mass is 9.98. The van der Waals surface area contributed by atoms with Crippen LogP contribution in [0.1, 0.15) is 18.9 Å². The van der Waals surface area contributed by atoms with E-state index in [1.54, 1.807) is 35.9 Å². The molecule has 0 aromatic heterocycles. The van der Waals surface area contributed by atoms with Crippen molar-refractivity contribution < 1.29 is 19.1 Å². The van der Waals surface area contributed by atoms with Crippen LogP contribution in [-0.4, -0.2) is 45.8 Å². The molecular formula is C17H18N2O4S2. The van der Waals surface area contributed by atoms with Crippen LogP contribution in [0.3, 0.4) is 0 Å². The summed E-state index contributed by atoms with van der Waals surface area (Å²) < 4.78 is 10.1. The number of thiocyanates is 1. The molecule has 2 saturated heterocycles. The van der Waals surface area contributed by atoms with Crippen molar-refractivity contribution in [1.29, 1.82) is 5.26 Å². The Balaban J connectivity index is 1.69. The predicted molar refractivity (Wildman–Crippen MR) is 95.9 cm³/mol. The molecule has 2 aliphatic heterocycles. The standard InChI is InChI=1S/C17H18N2O4S2/c1-17(9-24-10-18)15(19-13(20)7-14(19)25-17)16(21)23-8-11-3-5-12(22-2)6-4-11/h3-6,14-15H,7-9H2,1-2H3/t14-,15-,17-/m0/s1. The Morgan fingerprint density at radius 1 is 1.48 bits per heavy atom. The van der Waals surface area contributed by atoms with E-state index in [-0.39, 0.29) is 17.9 Å². The van der Waals surface area contributed by atoms with Crippen molar-refractivity contribution in [3.05, 3.63) is 29.8 Å². The van der Waals surface area contributed by atoms with Gasteiger partial charge in [0.15, 0.2) is 0 Å². The van der Waals surface area contributed by atoms with Crippen LogP contribution in [0.5, 0.6) is 5.75 Å². The van der Waals surface area contributed by atoms with Gasteiger partial charge >= 0.3 is 5.97 Å². The molecular weight excluding hydrogens is 360 g/mol. The van der Waals surface area contributed by atoms with Crippen LogP contribution in [0.25, 0.3) is 0 Å². The fraction of sp³-hybridized carbons (Fsp3) is 0.471. The Labute approximate surface area is 154 Å². The minimum absolute atomic E-state index is 0.00956. The third kappa shape index (κ3) is 3.44. The summed E-state index contributed by atoms with van der Waals surface area (Å²) >= 11 is 2.69. The molecule has 0 spiro atoms. The normalized spacial score (nSPS) is 27.2. The number of nitriles is 1. The number of nitrogens with zero attached hydrogens (tertiary/aromatic N) is 2. The molecule has 1 aromatic carbocycles. The first-order chi connectivity index (χ1) is 12.0. The average molecular weight is 378 g/mol. The van der Waals surface area contributed by atoms with Crippen molar-refractivity contribution in [3.8, 4) is 11.2 Å². The van der Waals surface area contributed by atoms with Crippen LogP contribution in [0.15, 0.2) is 24.3 Å². The van der Waals surface area contributed by atoms with Gasteiger partial charge in [0.05, 0.1) is 23.7 Å². The second-order valence-electron chi connectivity index (χ2n) is 6.13. The van der Waals surface area contributed by atoms with E-state index in [1.807, 2.05) is 24.5 Å². The molecule has 0 aliphatic carbocycles. The summed E-state index contributed by atoms with van der Waals surface area (Å²) in [6.45, 7) is 2.06. The second kappa shape index (κ2) is 7.18. The molecule has 3 atom stereocenters. The Kier molecular flexibility index (Phi) is 5.16. The summed E-state index contributed by atoms with van der Waals surface area (Å²) in [7, 11) is 1.59. The Morgan fingerprint density at radius 3 is 2.80 bits per heavy atom. The summed E-state index contributed by atoms with van der Waals surface area (Å²) in [5, 5.41) is 10.9. The van der Waals surface area contributed by atoms with E-state index in [1.165, 1.54) is 0 Å². The van der Waals surface area contributed by atoms with Crippen molar-refractivity contribution in [2.45, 2.75) is 36.1 Å². The number of methoxy groups -OCH3 is 1. The van der Waals surface area contributed by atoms with Crippen molar-refractivity contribution >= 4 is 35.4 Å². The number of ether oxygens (including phenoxy) is 2. The van der Waals surface area contributed by atoms with Gasteiger partial charge < -0.3 is 14.4 Å². The molecule has 0 unspecified atom stereocenters. The molecule has 132 valence electrons. The zero-order valence-electron chi connectivity index (χ0n) is 13.9. The first kappa shape index (κ1) is 18.0. The number of benzene rings is 1. The number of hydrogen-bond donors (Lipinski definition) is 0. The van der Waals surface area contributed by atoms with E-state index >= 15 is 0 Å². The number of amides is 1. The molecule has 0 saturated carbocycles. The van der Waals surface area contributed by atoms with Crippen LogP contribution in [-0.2, 0) is 20.9 Å². The lowest BCUT2D eigenvalue weighted by molar-refractivity contribution is -0.162. The molecule has 8 heteroatoms. The van der Waals surface area contributed by atoms with Crippen LogP contribution in [0, 0.1) is 10.7 Å². The number of β-lactam (4-membered cyclic amide) rings is 1. The molecule has 25 heavy (non-hydrogen) atoms. The van der Waals surface area contributed by atoms with Crippen molar-refractivity contribution in [2.24, 2.45) is 0 Å². The first-order valence-electron chi connectivity index (χ1n) is 7.78. The zero-order chi connectivity index (χ0) is 18.0. The number of fused-ring (bicyclic) bond motifs is 1. The maximum Gasteiger partial charge on any atom is 0.330 e. The molecule has 2 fully saturated rings. The van der Waals surface area contributed by atoms with Gasteiger partial charge in [-0.15, -0.1) is 11.8 Å². The Hall–Kier alpha value is -1.85. The third-order valence-corrected chi connectivity index (χ3v) is 7.02. The maximum atomic E-state index is 12.7. The summed E-state index contributed by atoms with van der Waals surface area (Å²) in [6.07, 6.45) is 0.444. The molecule has 1 aromatic rings. The van der Waals surface area contributed by atoms with E-state index in [0.717, 1.165) is 23.1 Å². The first-order valence-corrected chi connectivity index (χ1v) is 9.64. The lowest BCUT2D eigenvalue weighted by Gasteiger charge is -2.37. The SMILES string of the molecule is COc1ccc(COC(=O)[C@@H]2N3C(=O)C[C@@H]3S[C@@]2(C)CSC#N)cc1. The van der Waals surface area contributed by atoms with E-state index < -0.39 is 16.8 Å². The minimum atomic E-state index is -0.650. The number of hydrogen-bond acceptors (Lipinski definition) is 7. The summed E-state index contributed by atoms with van der Waals surface area (Å²) in [5.41, 5.74) is 0.847. The Morgan fingerprint density at radius 2 is 2.20 bits per heavy atom. The smallest absolute Gasteiger partial charge is 0.330 e. The van der Waals surface area contributed by atoms with Crippen LogP contribution < -0.4 is 4.74 Å². The van der Waals surface area contributed by atoms with E-state index in [0.29, 0.717) is 12.2 Å². The van der Waals surface area contributed by atoms with Crippen LogP contribution in [0.2, 0.25) is 0 Å². The van der Waals surface area contributed by atoms with E-state index in [2.05, 4.69) is 0 Å². The van der Waals surface area contributed by atoms with Gasteiger partial charge in [0.2, 0.25) is 5.91 Å². The minimum Gasteiger partial charge on any atom is -0.497 e. The summed E-state index contributed by atoms with van der Waals surface area (Å²) in [4.78, 5) is 26.3. The molecule has 1 amide bonds. The summed E-state index contributed by atoms with van der Waals surface area (Å²) in [6, 6.07) is 6.62. The van der Waals surface area contributed by atoms with Gasteiger partial charge in [-0.25, -0.2) is 4.79 Å². The third-order valence-electron chi connectivity index (χ3n) is 4.40. The molecule has 0 bridgehead atoms. The highest BCUT2D eigenvalue weighted by molar-refractivity contribution is 8.06. The number of thioether (sulfide) groups is 2. The topological polar surface area (TPSA) is 79.6 Å².